The largest absolute Gasteiger partial charge is 0.394 e. The summed E-state index contributed by atoms with van der Waals surface area (Å²) >= 11 is 1.27. The maximum Gasteiger partial charge on any atom is 0.271 e. The summed E-state index contributed by atoms with van der Waals surface area (Å²) in [5.41, 5.74) is 0.263. The summed E-state index contributed by atoms with van der Waals surface area (Å²) in [4.78, 5) is 11.4. The first-order chi connectivity index (χ1) is 8.17. The van der Waals surface area contributed by atoms with Gasteiger partial charge in [0.2, 0.25) is 0 Å². The molecule has 1 amide bonds. The zero-order chi connectivity index (χ0) is 12.7. The van der Waals surface area contributed by atoms with Crippen molar-refractivity contribution in [3.05, 3.63) is 17.8 Å². The van der Waals surface area contributed by atoms with Gasteiger partial charge in [0, 0.05) is 12.3 Å². The van der Waals surface area contributed by atoms with Crippen LogP contribution in [0.5, 0.6) is 0 Å². The van der Waals surface area contributed by atoms with Gasteiger partial charge in [0.15, 0.2) is 5.69 Å². The molecule has 0 aromatic carbocycles. The molecule has 0 radical (unpaired) electrons. The first-order valence-corrected chi connectivity index (χ1v) is 6.19. The van der Waals surface area contributed by atoms with Crippen molar-refractivity contribution in [1.29, 1.82) is 0 Å². The van der Waals surface area contributed by atoms with Gasteiger partial charge in [0.05, 0.1) is 12.7 Å². The minimum atomic E-state index is -0.773. The standard InChI is InChI=1S/C10H15N3O3S/c1-2-11-10(16)8-3-4-9(13-12-8)17-6-7(15)5-14/h3-4,7,14-15H,2,5-6H2,1H3,(H,11,16). The molecular formula is C10H15N3O3S. The number of hydrogen-bond donors (Lipinski definition) is 3. The first kappa shape index (κ1) is 13.9. The van der Waals surface area contributed by atoms with Gasteiger partial charge in [-0.3, -0.25) is 4.79 Å². The van der Waals surface area contributed by atoms with E-state index in [0.717, 1.165) is 0 Å². The van der Waals surface area contributed by atoms with E-state index in [1.165, 1.54) is 11.8 Å². The van der Waals surface area contributed by atoms with Gasteiger partial charge in [-0.25, -0.2) is 0 Å². The summed E-state index contributed by atoms with van der Waals surface area (Å²) < 4.78 is 0. The number of aliphatic hydroxyl groups excluding tert-OH is 2. The molecule has 0 bridgehead atoms. The molecule has 0 aliphatic carbocycles. The van der Waals surface area contributed by atoms with Crippen molar-refractivity contribution >= 4 is 17.7 Å². The number of carbonyl (C=O) groups excluding carboxylic acids is 1. The van der Waals surface area contributed by atoms with Gasteiger partial charge in [0.25, 0.3) is 5.91 Å². The molecule has 17 heavy (non-hydrogen) atoms. The maximum atomic E-state index is 11.4. The van der Waals surface area contributed by atoms with Crippen molar-refractivity contribution in [3.63, 3.8) is 0 Å². The smallest absolute Gasteiger partial charge is 0.271 e. The molecule has 0 aliphatic rings. The highest BCUT2D eigenvalue weighted by molar-refractivity contribution is 7.99. The Morgan fingerprint density at radius 2 is 2.29 bits per heavy atom. The van der Waals surface area contributed by atoms with Crippen molar-refractivity contribution in [2.24, 2.45) is 0 Å². The summed E-state index contributed by atoms with van der Waals surface area (Å²) in [5.74, 6) is 0.0815. The fourth-order valence-electron chi connectivity index (χ4n) is 1.00. The van der Waals surface area contributed by atoms with Crippen LogP contribution >= 0.6 is 11.8 Å². The SMILES string of the molecule is CCNC(=O)c1ccc(SCC(O)CO)nn1. The number of thioether (sulfide) groups is 1. The van der Waals surface area contributed by atoms with Gasteiger partial charge < -0.3 is 15.5 Å². The Hall–Kier alpha value is -1.18. The first-order valence-electron chi connectivity index (χ1n) is 5.21. The van der Waals surface area contributed by atoms with Crippen LogP contribution in [0.1, 0.15) is 17.4 Å². The highest BCUT2D eigenvalue weighted by Gasteiger charge is 2.08. The van der Waals surface area contributed by atoms with E-state index in [9.17, 15) is 4.79 Å². The molecule has 3 N–H and O–H groups in total. The average molecular weight is 257 g/mol. The molecule has 0 spiro atoms. The fraction of sp³-hybridized carbons (Fsp3) is 0.500. The van der Waals surface area contributed by atoms with Crippen molar-refractivity contribution in [2.75, 3.05) is 18.9 Å². The van der Waals surface area contributed by atoms with E-state index in [1.54, 1.807) is 12.1 Å². The molecule has 1 rings (SSSR count). The molecule has 1 aromatic rings. The van der Waals surface area contributed by atoms with E-state index in [1.807, 2.05) is 6.92 Å². The Labute approximate surface area is 103 Å². The predicted molar refractivity (Wildman–Crippen MR) is 63.9 cm³/mol. The van der Waals surface area contributed by atoms with Crippen LogP contribution in [0.4, 0.5) is 0 Å². The lowest BCUT2D eigenvalue weighted by Gasteiger charge is -2.05. The summed E-state index contributed by atoms with van der Waals surface area (Å²) in [6.07, 6.45) is -0.773. The summed E-state index contributed by atoms with van der Waals surface area (Å²) in [5, 5.41) is 28.6. The van der Waals surface area contributed by atoms with Crippen molar-refractivity contribution < 1.29 is 15.0 Å². The summed E-state index contributed by atoms with van der Waals surface area (Å²) in [7, 11) is 0. The average Bonchev–Trinajstić information content (AvgIpc) is 2.36. The number of aliphatic hydroxyl groups is 2. The normalized spacial score (nSPS) is 12.2. The molecule has 0 saturated carbocycles. The Bertz CT molecular complexity index is 358. The van der Waals surface area contributed by atoms with Gasteiger partial charge in [-0.1, -0.05) is 0 Å². The van der Waals surface area contributed by atoms with E-state index in [2.05, 4.69) is 15.5 Å². The molecule has 0 aliphatic heterocycles. The Balaban J connectivity index is 2.53. The molecule has 0 saturated heterocycles. The lowest BCUT2D eigenvalue weighted by atomic mass is 10.4. The van der Waals surface area contributed by atoms with Crippen LogP contribution in [-0.4, -0.2) is 51.3 Å². The van der Waals surface area contributed by atoms with E-state index < -0.39 is 6.10 Å². The molecule has 0 fully saturated rings. The zero-order valence-corrected chi connectivity index (χ0v) is 10.3. The zero-order valence-electron chi connectivity index (χ0n) is 9.46. The van der Waals surface area contributed by atoms with Crippen molar-refractivity contribution in [3.8, 4) is 0 Å². The summed E-state index contributed by atoms with van der Waals surface area (Å²) in [6, 6.07) is 3.23. The second kappa shape index (κ2) is 7.21. The summed E-state index contributed by atoms with van der Waals surface area (Å²) in [6.45, 7) is 2.09. The molecule has 7 heteroatoms. The number of hydrogen-bond acceptors (Lipinski definition) is 6. The number of carbonyl (C=O) groups is 1. The van der Waals surface area contributed by atoms with Crippen molar-refractivity contribution in [1.82, 2.24) is 15.5 Å². The van der Waals surface area contributed by atoms with Gasteiger partial charge >= 0.3 is 0 Å². The Morgan fingerprint density at radius 3 is 2.82 bits per heavy atom. The highest BCUT2D eigenvalue weighted by atomic mass is 32.2. The van der Waals surface area contributed by atoms with Gasteiger partial charge in [-0.2, -0.15) is 0 Å². The third-order valence-corrected chi connectivity index (χ3v) is 2.91. The minimum absolute atomic E-state index is 0.257. The van der Waals surface area contributed by atoms with E-state index in [-0.39, 0.29) is 18.2 Å². The van der Waals surface area contributed by atoms with Crippen LogP contribution in [0.2, 0.25) is 0 Å². The van der Waals surface area contributed by atoms with Crippen molar-refractivity contribution in [2.45, 2.75) is 18.1 Å². The predicted octanol–water partition coefficient (Wildman–Crippen LogP) is -0.328. The van der Waals surface area contributed by atoms with Crippen LogP contribution in [0.3, 0.4) is 0 Å². The topological polar surface area (TPSA) is 95.3 Å². The molecule has 1 atom stereocenters. The Morgan fingerprint density at radius 1 is 1.53 bits per heavy atom. The minimum Gasteiger partial charge on any atom is -0.394 e. The van der Waals surface area contributed by atoms with Gasteiger partial charge in [-0.15, -0.1) is 22.0 Å². The van der Waals surface area contributed by atoms with Crippen LogP contribution in [0.15, 0.2) is 17.2 Å². The lowest BCUT2D eigenvalue weighted by molar-refractivity contribution is 0.0949. The molecule has 1 aromatic heterocycles. The van der Waals surface area contributed by atoms with Crippen LogP contribution in [0, 0.1) is 0 Å². The highest BCUT2D eigenvalue weighted by Crippen LogP contribution is 2.15. The van der Waals surface area contributed by atoms with Gasteiger partial charge in [0.1, 0.15) is 5.03 Å². The van der Waals surface area contributed by atoms with Crippen LogP contribution in [0.25, 0.3) is 0 Å². The second-order valence-electron chi connectivity index (χ2n) is 3.26. The number of nitrogens with one attached hydrogen (secondary N) is 1. The number of nitrogens with zero attached hydrogens (tertiary/aromatic N) is 2. The number of aromatic nitrogens is 2. The van der Waals surface area contributed by atoms with Crippen LogP contribution < -0.4 is 5.32 Å². The number of rotatable bonds is 6. The van der Waals surface area contributed by atoms with Crippen LogP contribution in [-0.2, 0) is 0 Å². The second-order valence-corrected chi connectivity index (χ2v) is 4.30. The van der Waals surface area contributed by atoms with E-state index in [4.69, 9.17) is 10.2 Å². The molecule has 1 heterocycles. The third kappa shape index (κ3) is 4.68. The van der Waals surface area contributed by atoms with Gasteiger partial charge in [-0.05, 0) is 19.1 Å². The number of amides is 1. The molecule has 6 nitrogen and oxygen atoms in total. The molecular weight excluding hydrogens is 242 g/mol. The molecule has 94 valence electrons. The fourth-order valence-corrected chi connectivity index (χ4v) is 1.73. The van der Waals surface area contributed by atoms with E-state index in [0.29, 0.717) is 17.3 Å². The lowest BCUT2D eigenvalue weighted by Crippen LogP contribution is -2.24. The quantitative estimate of drug-likeness (QED) is 0.604. The monoisotopic (exact) mass is 257 g/mol. The molecule has 1 unspecified atom stereocenters. The Kier molecular flexibility index (Phi) is 5.88. The van der Waals surface area contributed by atoms with E-state index >= 15 is 0 Å². The third-order valence-electron chi connectivity index (χ3n) is 1.84. The maximum absolute atomic E-state index is 11.4.